The first-order valence-electron chi connectivity index (χ1n) is 6.71. The number of methoxy groups -OCH3 is 1. The molecule has 6 heteroatoms. The third-order valence-electron chi connectivity index (χ3n) is 3.57. The molecule has 0 radical (unpaired) electrons. The van der Waals surface area contributed by atoms with Gasteiger partial charge in [-0.15, -0.1) is 0 Å². The maximum absolute atomic E-state index is 9.91. The van der Waals surface area contributed by atoms with E-state index in [1.165, 1.54) is 0 Å². The molecule has 2 rings (SSSR count). The van der Waals surface area contributed by atoms with Gasteiger partial charge >= 0.3 is 0 Å². The van der Waals surface area contributed by atoms with Crippen molar-refractivity contribution in [3.63, 3.8) is 0 Å². The van der Waals surface area contributed by atoms with Gasteiger partial charge in [0.1, 0.15) is 5.75 Å². The lowest BCUT2D eigenvalue weighted by atomic mass is 10.1. The molecule has 1 heterocycles. The van der Waals surface area contributed by atoms with E-state index in [4.69, 9.17) is 27.9 Å². The van der Waals surface area contributed by atoms with E-state index >= 15 is 0 Å². The van der Waals surface area contributed by atoms with Gasteiger partial charge in [-0.1, -0.05) is 23.2 Å². The number of hydrogen-bond donors (Lipinski definition) is 2. The number of phenolic OH excluding ortho intramolecular Hbond substituents is 1. The Bertz CT molecular complexity index is 457. The summed E-state index contributed by atoms with van der Waals surface area (Å²) in [6, 6.07) is 3.71. The number of nitrogens with one attached hydrogen (secondary N) is 1. The highest BCUT2D eigenvalue weighted by atomic mass is 35.5. The molecule has 1 fully saturated rings. The standard InChI is InChI=1S/C14H20Cl2N2O2/c1-20-5-4-18-3-2-12(9-18)17-8-10-6-11(15)7-13(16)14(10)19/h6-7,12,17,19H,2-5,8-9H2,1H3/t12-/m0/s1. The normalized spacial score (nSPS) is 19.6. The SMILES string of the molecule is COCCN1CC[C@H](NCc2cc(Cl)cc(Cl)c2O)C1. The molecule has 0 spiro atoms. The molecule has 1 atom stereocenters. The van der Waals surface area contributed by atoms with Crippen molar-refractivity contribution in [2.75, 3.05) is 33.4 Å². The zero-order valence-corrected chi connectivity index (χ0v) is 13.0. The van der Waals surface area contributed by atoms with Crippen LogP contribution in [0.3, 0.4) is 0 Å². The molecule has 1 aromatic rings. The zero-order valence-electron chi connectivity index (χ0n) is 11.5. The Labute approximate surface area is 129 Å². The van der Waals surface area contributed by atoms with E-state index in [0.29, 0.717) is 22.6 Å². The predicted molar refractivity (Wildman–Crippen MR) is 81.7 cm³/mol. The number of rotatable bonds is 6. The van der Waals surface area contributed by atoms with E-state index in [1.807, 2.05) is 0 Å². The van der Waals surface area contributed by atoms with Gasteiger partial charge in [0.05, 0.1) is 11.6 Å². The van der Waals surface area contributed by atoms with Crippen molar-refractivity contribution in [1.29, 1.82) is 0 Å². The summed E-state index contributed by atoms with van der Waals surface area (Å²) in [7, 11) is 1.72. The minimum absolute atomic E-state index is 0.109. The first-order chi connectivity index (χ1) is 9.60. The first kappa shape index (κ1) is 15.9. The number of nitrogens with zero attached hydrogens (tertiary/aromatic N) is 1. The number of likely N-dealkylation sites (tertiary alicyclic amines) is 1. The predicted octanol–water partition coefficient (Wildman–Crippen LogP) is 2.51. The van der Waals surface area contributed by atoms with Crippen LogP contribution in [0.15, 0.2) is 12.1 Å². The van der Waals surface area contributed by atoms with Gasteiger partial charge in [-0.3, -0.25) is 4.90 Å². The number of benzene rings is 1. The molecule has 4 nitrogen and oxygen atoms in total. The van der Waals surface area contributed by atoms with E-state index in [9.17, 15) is 5.11 Å². The summed E-state index contributed by atoms with van der Waals surface area (Å²) in [6.07, 6.45) is 1.10. The van der Waals surface area contributed by atoms with Crippen LogP contribution in [0.5, 0.6) is 5.75 Å². The molecule has 0 saturated carbocycles. The molecule has 0 bridgehead atoms. The van der Waals surface area contributed by atoms with Crippen LogP contribution in [-0.2, 0) is 11.3 Å². The van der Waals surface area contributed by atoms with Crippen LogP contribution < -0.4 is 5.32 Å². The van der Waals surface area contributed by atoms with E-state index < -0.39 is 0 Å². The molecule has 112 valence electrons. The Morgan fingerprint density at radius 3 is 3.00 bits per heavy atom. The minimum atomic E-state index is 0.109. The monoisotopic (exact) mass is 318 g/mol. The summed E-state index contributed by atoms with van der Waals surface area (Å²) >= 11 is 11.9. The number of ether oxygens (including phenoxy) is 1. The van der Waals surface area contributed by atoms with Gasteiger partial charge in [-0.25, -0.2) is 0 Å². The van der Waals surface area contributed by atoms with Crippen LogP contribution in [0.1, 0.15) is 12.0 Å². The first-order valence-corrected chi connectivity index (χ1v) is 7.47. The Balaban J connectivity index is 1.84. The van der Waals surface area contributed by atoms with Crippen molar-refractivity contribution in [2.45, 2.75) is 19.0 Å². The highest BCUT2D eigenvalue weighted by molar-refractivity contribution is 6.35. The largest absolute Gasteiger partial charge is 0.506 e. The van der Waals surface area contributed by atoms with Crippen LogP contribution in [0.2, 0.25) is 10.0 Å². The Morgan fingerprint density at radius 1 is 1.45 bits per heavy atom. The molecule has 0 aliphatic carbocycles. The third kappa shape index (κ3) is 4.24. The maximum Gasteiger partial charge on any atom is 0.138 e. The number of hydrogen-bond acceptors (Lipinski definition) is 4. The van der Waals surface area contributed by atoms with Crippen molar-refractivity contribution in [1.82, 2.24) is 10.2 Å². The topological polar surface area (TPSA) is 44.7 Å². The summed E-state index contributed by atoms with van der Waals surface area (Å²) in [4.78, 5) is 2.37. The summed E-state index contributed by atoms with van der Waals surface area (Å²) in [6.45, 7) is 4.36. The average Bonchev–Trinajstić information content (AvgIpc) is 2.86. The second-order valence-corrected chi connectivity index (χ2v) is 5.90. The molecule has 0 aromatic heterocycles. The fourth-order valence-corrected chi connectivity index (χ4v) is 2.97. The van der Waals surface area contributed by atoms with Gasteiger partial charge in [-0.2, -0.15) is 0 Å². The lowest BCUT2D eigenvalue weighted by molar-refractivity contribution is 0.159. The molecular formula is C14H20Cl2N2O2. The highest BCUT2D eigenvalue weighted by Crippen LogP contribution is 2.31. The summed E-state index contributed by atoms with van der Waals surface area (Å²) < 4.78 is 5.09. The Kier molecular flexibility index (Phi) is 5.93. The fraction of sp³-hybridized carbons (Fsp3) is 0.571. The van der Waals surface area contributed by atoms with Crippen molar-refractivity contribution < 1.29 is 9.84 Å². The summed E-state index contributed by atoms with van der Waals surface area (Å²) in [5.74, 6) is 0.109. The summed E-state index contributed by atoms with van der Waals surface area (Å²) in [5.41, 5.74) is 0.734. The average molecular weight is 319 g/mol. The van der Waals surface area contributed by atoms with Gasteiger partial charge in [0.15, 0.2) is 0 Å². The molecule has 1 saturated heterocycles. The van der Waals surface area contributed by atoms with E-state index in [1.54, 1.807) is 19.2 Å². The van der Waals surface area contributed by atoms with Gasteiger partial charge in [0, 0.05) is 43.4 Å². The van der Waals surface area contributed by atoms with E-state index in [2.05, 4.69) is 10.2 Å². The van der Waals surface area contributed by atoms with Crippen LogP contribution in [-0.4, -0.2) is 49.4 Å². The van der Waals surface area contributed by atoms with Crippen molar-refractivity contribution >= 4 is 23.2 Å². The Hall–Kier alpha value is -0.520. The second-order valence-electron chi connectivity index (χ2n) is 5.06. The molecule has 2 N–H and O–H groups in total. The second kappa shape index (κ2) is 7.48. The van der Waals surface area contributed by atoms with Crippen LogP contribution in [0.4, 0.5) is 0 Å². The highest BCUT2D eigenvalue weighted by Gasteiger charge is 2.21. The van der Waals surface area contributed by atoms with Gasteiger partial charge < -0.3 is 15.2 Å². The molecule has 20 heavy (non-hydrogen) atoms. The van der Waals surface area contributed by atoms with Gasteiger partial charge in [-0.05, 0) is 25.1 Å². The third-order valence-corrected chi connectivity index (χ3v) is 4.08. The zero-order chi connectivity index (χ0) is 14.5. The molecule has 1 aliphatic rings. The molecule has 0 unspecified atom stereocenters. The Morgan fingerprint density at radius 2 is 2.25 bits per heavy atom. The molecule has 1 aliphatic heterocycles. The molecule has 0 amide bonds. The number of aromatic hydroxyl groups is 1. The smallest absolute Gasteiger partial charge is 0.138 e. The van der Waals surface area contributed by atoms with Crippen LogP contribution in [0.25, 0.3) is 0 Å². The van der Waals surface area contributed by atoms with Gasteiger partial charge in [0.25, 0.3) is 0 Å². The summed E-state index contributed by atoms with van der Waals surface area (Å²) in [5, 5.41) is 14.2. The van der Waals surface area contributed by atoms with Crippen LogP contribution in [0, 0.1) is 0 Å². The molecular weight excluding hydrogens is 299 g/mol. The maximum atomic E-state index is 9.91. The number of phenols is 1. The van der Waals surface area contributed by atoms with E-state index in [-0.39, 0.29) is 5.75 Å². The van der Waals surface area contributed by atoms with Crippen molar-refractivity contribution in [3.8, 4) is 5.75 Å². The number of halogens is 2. The van der Waals surface area contributed by atoms with E-state index in [0.717, 1.165) is 38.2 Å². The lowest BCUT2D eigenvalue weighted by Gasteiger charge is -2.16. The van der Waals surface area contributed by atoms with Gasteiger partial charge in [0.2, 0.25) is 0 Å². The fourth-order valence-electron chi connectivity index (χ4n) is 2.43. The van der Waals surface area contributed by atoms with Crippen molar-refractivity contribution in [2.24, 2.45) is 0 Å². The van der Waals surface area contributed by atoms with Crippen LogP contribution >= 0.6 is 23.2 Å². The lowest BCUT2D eigenvalue weighted by Crippen LogP contribution is -2.33. The minimum Gasteiger partial charge on any atom is -0.506 e. The molecule has 1 aromatic carbocycles. The van der Waals surface area contributed by atoms with Crippen molar-refractivity contribution in [3.05, 3.63) is 27.7 Å². The quantitative estimate of drug-likeness (QED) is 0.846.